The van der Waals surface area contributed by atoms with Crippen molar-refractivity contribution in [2.75, 3.05) is 20.2 Å². The number of amides is 1. The maximum atomic E-state index is 12.7. The molecule has 8 heteroatoms. The number of hydrogen-bond donors (Lipinski definition) is 2. The molecule has 1 aliphatic rings. The van der Waals surface area contributed by atoms with Gasteiger partial charge in [0.2, 0.25) is 10.0 Å². The molecule has 144 valence electrons. The van der Waals surface area contributed by atoms with E-state index in [1.807, 2.05) is 18.2 Å². The van der Waals surface area contributed by atoms with Gasteiger partial charge in [-0.3, -0.25) is 9.69 Å². The van der Waals surface area contributed by atoms with Crippen molar-refractivity contribution >= 4 is 15.9 Å². The average molecular weight is 389 g/mol. The van der Waals surface area contributed by atoms with Crippen LogP contribution in [0.4, 0.5) is 0 Å². The average Bonchev–Trinajstić information content (AvgIpc) is 3.08. The Balaban J connectivity index is 1.67. The first-order valence-corrected chi connectivity index (χ1v) is 10.2. The van der Waals surface area contributed by atoms with Gasteiger partial charge in [0.25, 0.3) is 5.91 Å². The molecular weight excluding hydrogens is 366 g/mol. The molecule has 0 spiro atoms. The van der Waals surface area contributed by atoms with Gasteiger partial charge in [0.1, 0.15) is 5.75 Å². The van der Waals surface area contributed by atoms with Gasteiger partial charge in [-0.25, -0.2) is 13.6 Å². The van der Waals surface area contributed by atoms with E-state index in [4.69, 9.17) is 9.88 Å². The molecule has 3 rings (SSSR count). The number of sulfonamides is 1. The van der Waals surface area contributed by atoms with Crippen molar-refractivity contribution in [1.29, 1.82) is 0 Å². The summed E-state index contributed by atoms with van der Waals surface area (Å²) in [5.74, 6) is -0.0667. The lowest BCUT2D eigenvalue weighted by Gasteiger charge is -2.17. The Morgan fingerprint density at radius 3 is 2.67 bits per heavy atom. The second kappa shape index (κ2) is 8.08. The van der Waals surface area contributed by atoms with Crippen LogP contribution >= 0.6 is 0 Å². The lowest BCUT2D eigenvalue weighted by atomic mass is 10.1. The molecule has 7 nitrogen and oxygen atoms in total. The Morgan fingerprint density at radius 2 is 2.00 bits per heavy atom. The lowest BCUT2D eigenvalue weighted by Crippen LogP contribution is -2.37. The molecule has 1 saturated heterocycles. The lowest BCUT2D eigenvalue weighted by molar-refractivity contribution is 0.0934. The van der Waals surface area contributed by atoms with Gasteiger partial charge in [0, 0.05) is 25.7 Å². The highest BCUT2D eigenvalue weighted by atomic mass is 32.2. The minimum Gasteiger partial charge on any atom is -0.496 e. The quantitative estimate of drug-likeness (QED) is 0.776. The third kappa shape index (κ3) is 4.85. The number of nitrogens with zero attached hydrogens (tertiary/aromatic N) is 1. The van der Waals surface area contributed by atoms with E-state index in [9.17, 15) is 13.2 Å². The summed E-state index contributed by atoms with van der Waals surface area (Å²) in [6.45, 7) is 2.45. The van der Waals surface area contributed by atoms with Crippen LogP contribution in [0.3, 0.4) is 0 Å². The standard InChI is InChI=1S/C19H23N3O4S/c1-26-18-8-7-16(27(20,24)25)11-17(18)19(23)21-15-9-10-22(13-15)12-14-5-3-2-4-6-14/h2-8,11,15H,9-10,12-13H2,1H3,(H,21,23)(H2,20,24,25). The number of ether oxygens (including phenoxy) is 1. The van der Waals surface area contributed by atoms with Crippen molar-refractivity contribution in [3.05, 3.63) is 59.7 Å². The molecule has 0 saturated carbocycles. The highest BCUT2D eigenvalue weighted by molar-refractivity contribution is 7.89. The smallest absolute Gasteiger partial charge is 0.255 e. The molecule has 1 unspecified atom stereocenters. The van der Waals surface area contributed by atoms with Crippen LogP contribution in [0.1, 0.15) is 22.3 Å². The molecule has 0 bridgehead atoms. The predicted molar refractivity (Wildman–Crippen MR) is 102 cm³/mol. The Labute approximate surface area is 159 Å². The van der Waals surface area contributed by atoms with E-state index in [1.165, 1.54) is 30.9 Å². The van der Waals surface area contributed by atoms with Gasteiger partial charge in [0.15, 0.2) is 0 Å². The number of carbonyl (C=O) groups excluding carboxylic acids is 1. The van der Waals surface area contributed by atoms with Gasteiger partial charge in [-0.15, -0.1) is 0 Å². The number of methoxy groups -OCH3 is 1. The summed E-state index contributed by atoms with van der Waals surface area (Å²) in [6.07, 6.45) is 0.829. The molecule has 0 aliphatic carbocycles. The van der Waals surface area contributed by atoms with Gasteiger partial charge < -0.3 is 10.1 Å². The van der Waals surface area contributed by atoms with Crippen LogP contribution in [0.15, 0.2) is 53.4 Å². The Bertz CT molecular complexity index is 916. The highest BCUT2D eigenvalue weighted by Gasteiger charge is 2.26. The first kappa shape index (κ1) is 19.3. The summed E-state index contributed by atoms with van der Waals surface area (Å²) in [7, 11) is -2.47. The number of carbonyl (C=O) groups is 1. The highest BCUT2D eigenvalue weighted by Crippen LogP contribution is 2.23. The fraction of sp³-hybridized carbons (Fsp3) is 0.316. The van der Waals surface area contributed by atoms with E-state index in [0.717, 1.165) is 26.1 Å². The summed E-state index contributed by atoms with van der Waals surface area (Å²) >= 11 is 0. The van der Waals surface area contributed by atoms with Gasteiger partial charge in [-0.05, 0) is 30.2 Å². The van der Waals surface area contributed by atoms with E-state index in [1.54, 1.807) is 0 Å². The molecular formula is C19H23N3O4S. The largest absolute Gasteiger partial charge is 0.496 e. The molecule has 1 fully saturated rings. The van der Waals surface area contributed by atoms with Crippen LogP contribution in [0.2, 0.25) is 0 Å². The van der Waals surface area contributed by atoms with Crippen LogP contribution < -0.4 is 15.2 Å². The minimum atomic E-state index is -3.90. The number of benzene rings is 2. The SMILES string of the molecule is COc1ccc(S(N)(=O)=O)cc1C(=O)NC1CCN(Cc2ccccc2)C1. The minimum absolute atomic E-state index is 0.0101. The zero-order valence-electron chi connectivity index (χ0n) is 15.1. The van der Waals surface area contributed by atoms with Crippen LogP contribution in [0.5, 0.6) is 5.75 Å². The summed E-state index contributed by atoms with van der Waals surface area (Å²) in [4.78, 5) is 14.8. The van der Waals surface area contributed by atoms with E-state index in [-0.39, 0.29) is 22.4 Å². The normalized spacial score (nSPS) is 17.6. The molecule has 0 radical (unpaired) electrons. The number of hydrogen-bond acceptors (Lipinski definition) is 5. The molecule has 1 aliphatic heterocycles. The first-order valence-electron chi connectivity index (χ1n) is 8.65. The van der Waals surface area contributed by atoms with Crippen molar-refractivity contribution in [2.45, 2.75) is 23.9 Å². The van der Waals surface area contributed by atoms with Gasteiger partial charge in [-0.1, -0.05) is 30.3 Å². The van der Waals surface area contributed by atoms with Crippen LogP contribution in [-0.2, 0) is 16.6 Å². The molecule has 1 amide bonds. The number of nitrogens with one attached hydrogen (secondary N) is 1. The van der Waals surface area contributed by atoms with Crippen molar-refractivity contribution in [3.63, 3.8) is 0 Å². The predicted octanol–water partition coefficient (Wildman–Crippen LogP) is 1.35. The van der Waals surface area contributed by atoms with E-state index >= 15 is 0 Å². The Hall–Kier alpha value is -2.42. The molecule has 3 N–H and O–H groups in total. The van der Waals surface area contributed by atoms with Crippen molar-refractivity contribution < 1.29 is 17.9 Å². The number of rotatable bonds is 6. The summed E-state index contributed by atoms with van der Waals surface area (Å²) in [6, 6.07) is 14.2. The molecule has 2 aromatic carbocycles. The van der Waals surface area contributed by atoms with Crippen molar-refractivity contribution in [3.8, 4) is 5.75 Å². The Kier molecular flexibility index (Phi) is 5.79. The second-order valence-electron chi connectivity index (χ2n) is 6.59. The van der Waals surface area contributed by atoms with Crippen LogP contribution in [0.25, 0.3) is 0 Å². The monoisotopic (exact) mass is 389 g/mol. The van der Waals surface area contributed by atoms with Gasteiger partial charge in [0.05, 0.1) is 17.6 Å². The number of nitrogens with two attached hydrogens (primary N) is 1. The maximum Gasteiger partial charge on any atom is 0.255 e. The molecule has 1 heterocycles. The zero-order valence-corrected chi connectivity index (χ0v) is 15.9. The second-order valence-corrected chi connectivity index (χ2v) is 8.15. The fourth-order valence-electron chi connectivity index (χ4n) is 3.24. The topological polar surface area (TPSA) is 102 Å². The third-order valence-electron chi connectivity index (χ3n) is 4.60. The fourth-order valence-corrected chi connectivity index (χ4v) is 3.78. The molecule has 0 aromatic heterocycles. The van der Waals surface area contributed by atoms with Crippen molar-refractivity contribution in [2.24, 2.45) is 5.14 Å². The molecule has 1 atom stereocenters. The summed E-state index contributed by atoms with van der Waals surface area (Å²) in [5.41, 5.74) is 1.39. The number of likely N-dealkylation sites (tertiary alicyclic amines) is 1. The van der Waals surface area contributed by atoms with E-state index < -0.39 is 10.0 Å². The zero-order chi connectivity index (χ0) is 19.4. The molecule has 27 heavy (non-hydrogen) atoms. The number of primary sulfonamides is 1. The van der Waals surface area contributed by atoms with E-state index in [0.29, 0.717) is 5.75 Å². The van der Waals surface area contributed by atoms with Gasteiger partial charge in [-0.2, -0.15) is 0 Å². The first-order chi connectivity index (χ1) is 12.9. The van der Waals surface area contributed by atoms with E-state index in [2.05, 4.69) is 22.3 Å². The van der Waals surface area contributed by atoms with Gasteiger partial charge >= 0.3 is 0 Å². The summed E-state index contributed by atoms with van der Waals surface area (Å²) < 4.78 is 28.3. The summed E-state index contributed by atoms with van der Waals surface area (Å²) in [5, 5.41) is 8.13. The van der Waals surface area contributed by atoms with Crippen LogP contribution in [0, 0.1) is 0 Å². The molecule has 2 aromatic rings. The Morgan fingerprint density at radius 1 is 1.26 bits per heavy atom. The maximum absolute atomic E-state index is 12.7. The van der Waals surface area contributed by atoms with Crippen molar-refractivity contribution in [1.82, 2.24) is 10.2 Å². The van der Waals surface area contributed by atoms with Crippen LogP contribution in [-0.4, -0.2) is 45.5 Å². The third-order valence-corrected chi connectivity index (χ3v) is 5.51.